The molecule has 0 aliphatic heterocycles. The maximum atomic E-state index is 12.2. The van der Waals surface area contributed by atoms with Gasteiger partial charge in [-0.1, -0.05) is 37.7 Å². The molecule has 0 unspecified atom stereocenters. The van der Waals surface area contributed by atoms with Gasteiger partial charge in [-0.05, 0) is 47.9 Å². The Kier molecular flexibility index (Phi) is 6.82. The highest BCUT2D eigenvalue weighted by Gasteiger charge is 2.11. The lowest BCUT2D eigenvalue weighted by molar-refractivity contribution is -0.113. The van der Waals surface area contributed by atoms with E-state index in [1.807, 2.05) is 16.7 Å². The van der Waals surface area contributed by atoms with Gasteiger partial charge in [0, 0.05) is 11.4 Å². The number of nitrogens with one attached hydrogen (secondary N) is 1. The average Bonchev–Trinajstić information content (AvgIpc) is 3.16. The molecule has 1 heterocycles. The second kappa shape index (κ2) is 9.51. The van der Waals surface area contributed by atoms with Crippen LogP contribution in [0.4, 0.5) is 14.5 Å². The monoisotopic (exact) mass is 418 g/mol. The molecule has 3 aromatic rings. The first-order valence-electron chi connectivity index (χ1n) is 8.90. The van der Waals surface area contributed by atoms with E-state index in [1.165, 1.54) is 41.6 Å². The average molecular weight is 418 g/mol. The van der Waals surface area contributed by atoms with Gasteiger partial charge in [0.25, 0.3) is 0 Å². The van der Waals surface area contributed by atoms with E-state index in [2.05, 4.69) is 46.2 Å². The van der Waals surface area contributed by atoms with E-state index in [-0.39, 0.29) is 17.4 Å². The summed E-state index contributed by atoms with van der Waals surface area (Å²) in [4.78, 5) is 12.2. The number of rotatable bonds is 8. The molecule has 0 atom stereocenters. The maximum absolute atomic E-state index is 12.2. The van der Waals surface area contributed by atoms with Crippen molar-refractivity contribution in [2.24, 2.45) is 0 Å². The number of nitrogens with zero attached hydrogens (tertiary/aromatic N) is 3. The van der Waals surface area contributed by atoms with Crippen molar-refractivity contribution in [3.05, 3.63) is 60.4 Å². The number of amides is 1. The summed E-state index contributed by atoms with van der Waals surface area (Å²) in [7, 11) is 0. The van der Waals surface area contributed by atoms with Gasteiger partial charge >= 0.3 is 6.61 Å². The quantitative estimate of drug-likeness (QED) is 0.536. The molecule has 6 nitrogen and oxygen atoms in total. The lowest BCUT2D eigenvalue weighted by atomic mass is 10.0. The fourth-order valence-corrected chi connectivity index (χ4v) is 3.30. The maximum Gasteiger partial charge on any atom is 0.387 e. The number of anilines is 1. The summed E-state index contributed by atoms with van der Waals surface area (Å²) in [5.74, 6) is 0.350. The third-order valence-corrected chi connectivity index (χ3v) is 4.99. The Bertz CT molecular complexity index is 944. The van der Waals surface area contributed by atoms with Crippen LogP contribution in [0.15, 0.2) is 60.0 Å². The molecule has 0 saturated heterocycles. The fourth-order valence-electron chi connectivity index (χ4n) is 2.57. The Morgan fingerprint density at radius 2 is 1.83 bits per heavy atom. The van der Waals surface area contributed by atoms with Gasteiger partial charge in [0.1, 0.15) is 12.1 Å². The Morgan fingerprint density at radius 1 is 1.14 bits per heavy atom. The highest BCUT2D eigenvalue weighted by atomic mass is 32.2. The molecule has 3 rings (SSSR count). The molecule has 1 amide bonds. The van der Waals surface area contributed by atoms with Crippen LogP contribution in [0.3, 0.4) is 0 Å². The van der Waals surface area contributed by atoms with Crippen molar-refractivity contribution in [3.8, 4) is 11.4 Å². The molecule has 0 fully saturated rings. The summed E-state index contributed by atoms with van der Waals surface area (Å²) in [6.45, 7) is 1.38. The first kappa shape index (κ1) is 20.8. The third-order valence-electron chi connectivity index (χ3n) is 4.05. The number of hydrogen-bond donors (Lipinski definition) is 1. The van der Waals surface area contributed by atoms with Crippen molar-refractivity contribution < 1.29 is 18.3 Å². The zero-order valence-electron chi connectivity index (χ0n) is 15.9. The molecule has 0 spiro atoms. The van der Waals surface area contributed by atoms with Gasteiger partial charge in [-0.25, -0.2) is 0 Å². The van der Waals surface area contributed by atoms with Crippen molar-refractivity contribution in [1.29, 1.82) is 0 Å². The summed E-state index contributed by atoms with van der Waals surface area (Å²) in [6.07, 6.45) is 1.60. The van der Waals surface area contributed by atoms with E-state index in [0.29, 0.717) is 16.8 Å². The first-order valence-corrected chi connectivity index (χ1v) is 9.89. The standard InChI is InChI=1S/C20H20F2N4O2S/c1-13(2)14-3-7-16(8-4-14)26-12-23-25-20(26)29-11-18(27)24-15-5-9-17(10-6-15)28-19(21)22/h3-10,12-13,19H,11H2,1-2H3,(H,24,27). The van der Waals surface area contributed by atoms with E-state index in [9.17, 15) is 13.6 Å². The van der Waals surface area contributed by atoms with Crippen LogP contribution in [0.25, 0.3) is 5.69 Å². The van der Waals surface area contributed by atoms with Crippen molar-refractivity contribution in [3.63, 3.8) is 0 Å². The van der Waals surface area contributed by atoms with Gasteiger partial charge in [0.2, 0.25) is 5.91 Å². The molecule has 29 heavy (non-hydrogen) atoms. The summed E-state index contributed by atoms with van der Waals surface area (Å²) >= 11 is 1.25. The van der Waals surface area contributed by atoms with Crippen LogP contribution in [-0.4, -0.2) is 33.0 Å². The van der Waals surface area contributed by atoms with Gasteiger partial charge in [-0.3, -0.25) is 9.36 Å². The van der Waals surface area contributed by atoms with E-state index >= 15 is 0 Å². The van der Waals surface area contributed by atoms with Crippen LogP contribution in [-0.2, 0) is 4.79 Å². The molecule has 0 radical (unpaired) electrons. The van der Waals surface area contributed by atoms with Crippen LogP contribution in [0, 0.1) is 0 Å². The molecule has 0 saturated carbocycles. The predicted molar refractivity (Wildman–Crippen MR) is 108 cm³/mol. The molecular weight excluding hydrogens is 398 g/mol. The van der Waals surface area contributed by atoms with Gasteiger partial charge in [0.15, 0.2) is 5.16 Å². The molecule has 2 aromatic carbocycles. The summed E-state index contributed by atoms with van der Waals surface area (Å²) in [6, 6.07) is 13.8. The van der Waals surface area contributed by atoms with Gasteiger partial charge in [-0.2, -0.15) is 8.78 Å². The van der Waals surface area contributed by atoms with Crippen molar-refractivity contribution in [2.45, 2.75) is 31.5 Å². The smallest absolute Gasteiger partial charge is 0.387 e. The molecule has 152 valence electrons. The van der Waals surface area contributed by atoms with Crippen LogP contribution < -0.4 is 10.1 Å². The largest absolute Gasteiger partial charge is 0.435 e. The number of aromatic nitrogens is 3. The molecule has 1 aromatic heterocycles. The van der Waals surface area contributed by atoms with E-state index < -0.39 is 6.61 Å². The number of carbonyl (C=O) groups excluding carboxylic acids is 1. The number of ether oxygens (including phenoxy) is 1. The highest BCUT2D eigenvalue weighted by Crippen LogP contribution is 2.22. The Morgan fingerprint density at radius 3 is 2.45 bits per heavy atom. The number of alkyl halides is 2. The van der Waals surface area contributed by atoms with Gasteiger partial charge in [-0.15, -0.1) is 10.2 Å². The third kappa shape index (κ3) is 5.77. The second-order valence-electron chi connectivity index (χ2n) is 6.47. The minimum Gasteiger partial charge on any atom is -0.435 e. The van der Waals surface area contributed by atoms with Crippen molar-refractivity contribution in [2.75, 3.05) is 11.1 Å². The van der Waals surface area contributed by atoms with Crippen LogP contribution in [0.2, 0.25) is 0 Å². The van der Waals surface area contributed by atoms with E-state index in [4.69, 9.17) is 0 Å². The second-order valence-corrected chi connectivity index (χ2v) is 7.41. The number of halogens is 2. The summed E-state index contributed by atoms with van der Waals surface area (Å²) < 4.78 is 30.4. The summed E-state index contributed by atoms with van der Waals surface area (Å²) in [5, 5.41) is 11.3. The Hall–Kier alpha value is -2.94. The Labute approximate surface area is 171 Å². The van der Waals surface area contributed by atoms with Gasteiger partial charge < -0.3 is 10.1 Å². The minimum absolute atomic E-state index is 0.0314. The zero-order chi connectivity index (χ0) is 20.8. The normalized spacial score (nSPS) is 11.1. The molecule has 1 N–H and O–H groups in total. The molecule has 0 aliphatic rings. The van der Waals surface area contributed by atoms with E-state index in [1.54, 1.807) is 6.33 Å². The first-order chi connectivity index (χ1) is 13.9. The Balaban J connectivity index is 1.58. The van der Waals surface area contributed by atoms with Crippen LogP contribution in [0.5, 0.6) is 5.75 Å². The fraction of sp³-hybridized carbons (Fsp3) is 0.250. The molecule has 0 aliphatic carbocycles. The zero-order valence-corrected chi connectivity index (χ0v) is 16.7. The van der Waals surface area contributed by atoms with Gasteiger partial charge in [0.05, 0.1) is 5.75 Å². The number of thioether (sulfide) groups is 1. The minimum atomic E-state index is -2.88. The predicted octanol–water partition coefficient (Wildman–Crippen LogP) is 4.72. The number of hydrogen-bond acceptors (Lipinski definition) is 5. The lowest BCUT2D eigenvalue weighted by Crippen LogP contribution is -2.14. The van der Waals surface area contributed by atoms with Crippen molar-refractivity contribution in [1.82, 2.24) is 14.8 Å². The molecule has 0 bridgehead atoms. The van der Waals surface area contributed by atoms with E-state index in [0.717, 1.165) is 5.69 Å². The SMILES string of the molecule is CC(C)c1ccc(-n2cnnc2SCC(=O)Nc2ccc(OC(F)F)cc2)cc1. The van der Waals surface area contributed by atoms with Crippen LogP contribution in [0.1, 0.15) is 25.3 Å². The van der Waals surface area contributed by atoms with Crippen LogP contribution >= 0.6 is 11.8 Å². The summed E-state index contributed by atoms with van der Waals surface area (Å²) in [5.41, 5.74) is 2.64. The molecule has 9 heteroatoms. The lowest BCUT2D eigenvalue weighted by Gasteiger charge is -2.10. The van der Waals surface area contributed by atoms with Crippen molar-refractivity contribution >= 4 is 23.4 Å². The number of carbonyl (C=O) groups is 1. The highest BCUT2D eigenvalue weighted by molar-refractivity contribution is 7.99. The number of benzene rings is 2. The topological polar surface area (TPSA) is 69.0 Å². The molecular formula is C20H20F2N4O2S.